The molecular weight excluding hydrogens is 176 g/mol. The fourth-order valence-electron chi connectivity index (χ4n) is 0.837. The number of benzene rings is 1. The number of carboxylic acids is 1. The zero-order valence-electron chi connectivity index (χ0n) is 6.14. The third kappa shape index (κ3) is 1.92. The minimum Gasteiger partial charge on any atom is -0.508 e. The van der Waals surface area contributed by atoms with Crippen LogP contribution in [0.1, 0.15) is 10.8 Å². The number of phenolic OH excluding ortho intramolecular Hbond substituents is 1. The van der Waals surface area contributed by atoms with Crippen LogP contribution in [0.5, 0.6) is 5.75 Å². The Bertz CT molecular complexity index is 298. The first-order valence-electron chi connectivity index (χ1n) is 3.31. The lowest BCUT2D eigenvalue weighted by molar-refractivity contribution is -0.136. The first-order valence-corrected chi connectivity index (χ1v) is 3.82. The molecule has 0 aromatic heterocycles. The van der Waals surface area contributed by atoms with Gasteiger partial charge in [-0.15, -0.1) is 0 Å². The van der Waals surface area contributed by atoms with Crippen LogP contribution in [0.15, 0.2) is 24.3 Å². The van der Waals surface area contributed by atoms with Crippen LogP contribution in [0.2, 0.25) is 0 Å². The van der Waals surface area contributed by atoms with Gasteiger partial charge in [0, 0.05) is 0 Å². The van der Waals surface area contributed by atoms with Crippen molar-refractivity contribution in [3.8, 4) is 5.75 Å². The van der Waals surface area contributed by atoms with Crippen LogP contribution in [0, 0.1) is 0 Å². The molecule has 0 radical (unpaired) electrons. The molecule has 1 atom stereocenters. The third-order valence-corrected chi connectivity index (χ3v) is 1.94. The number of hydrogen-bond donors (Lipinski definition) is 3. The summed E-state index contributed by atoms with van der Waals surface area (Å²) in [6.07, 6.45) is 0. The van der Waals surface area contributed by atoms with E-state index in [4.69, 9.17) is 10.2 Å². The van der Waals surface area contributed by atoms with E-state index in [-0.39, 0.29) is 5.75 Å². The van der Waals surface area contributed by atoms with Gasteiger partial charge >= 0.3 is 5.97 Å². The van der Waals surface area contributed by atoms with Gasteiger partial charge in [-0.3, -0.25) is 4.79 Å². The van der Waals surface area contributed by atoms with E-state index in [9.17, 15) is 4.79 Å². The number of aliphatic carboxylic acids is 1. The van der Waals surface area contributed by atoms with E-state index in [1.807, 2.05) is 0 Å². The lowest BCUT2D eigenvalue weighted by Gasteiger charge is -2.04. The fourth-order valence-corrected chi connectivity index (χ4v) is 0.998. The zero-order valence-corrected chi connectivity index (χ0v) is 7.03. The van der Waals surface area contributed by atoms with Crippen molar-refractivity contribution in [3.05, 3.63) is 29.8 Å². The van der Waals surface area contributed by atoms with Gasteiger partial charge in [-0.2, -0.15) is 12.6 Å². The van der Waals surface area contributed by atoms with E-state index >= 15 is 0 Å². The molecule has 0 bridgehead atoms. The summed E-state index contributed by atoms with van der Waals surface area (Å²) in [5, 5.41) is 16.7. The standard InChI is InChI=1S/C8H8O3S/c9-6-3-1-2-5(4-6)7(12)8(10)11/h1-4,7,9,12H,(H,10,11). The monoisotopic (exact) mass is 184 g/mol. The van der Waals surface area contributed by atoms with Gasteiger partial charge in [0.15, 0.2) is 0 Å². The molecule has 2 N–H and O–H groups in total. The van der Waals surface area contributed by atoms with E-state index in [1.54, 1.807) is 12.1 Å². The van der Waals surface area contributed by atoms with Crippen molar-refractivity contribution in [1.29, 1.82) is 0 Å². The van der Waals surface area contributed by atoms with E-state index in [0.29, 0.717) is 5.56 Å². The van der Waals surface area contributed by atoms with Gasteiger partial charge in [-0.05, 0) is 17.7 Å². The Kier molecular flexibility index (Phi) is 2.60. The number of carbonyl (C=O) groups is 1. The molecule has 4 heteroatoms. The average molecular weight is 184 g/mol. The van der Waals surface area contributed by atoms with Crippen LogP contribution >= 0.6 is 12.6 Å². The summed E-state index contributed by atoms with van der Waals surface area (Å²) in [6.45, 7) is 0. The molecule has 0 heterocycles. The van der Waals surface area contributed by atoms with Crippen LogP contribution in [0.4, 0.5) is 0 Å². The van der Waals surface area contributed by atoms with Crippen molar-refractivity contribution in [2.75, 3.05) is 0 Å². The molecule has 0 aliphatic carbocycles. The molecule has 0 aliphatic rings. The maximum Gasteiger partial charge on any atom is 0.320 e. The van der Waals surface area contributed by atoms with Crippen LogP contribution in [-0.2, 0) is 4.79 Å². The second-order valence-corrected chi connectivity index (χ2v) is 2.85. The summed E-state index contributed by atoms with van der Waals surface area (Å²) in [7, 11) is 0. The summed E-state index contributed by atoms with van der Waals surface area (Å²) in [6, 6.07) is 6.04. The van der Waals surface area contributed by atoms with E-state index in [2.05, 4.69) is 12.6 Å². The molecule has 1 aromatic carbocycles. The summed E-state index contributed by atoms with van der Waals surface area (Å²) in [5.74, 6) is -0.975. The van der Waals surface area contributed by atoms with Gasteiger partial charge in [0.1, 0.15) is 11.0 Å². The highest BCUT2D eigenvalue weighted by molar-refractivity contribution is 7.81. The van der Waals surface area contributed by atoms with E-state index in [0.717, 1.165) is 0 Å². The molecule has 0 saturated carbocycles. The van der Waals surface area contributed by atoms with Crippen LogP contribution in [-0.4, -0.2) is 16.2 Å². The second-order valence-electron chi connectivity index (χ2n) is 2.34. The van der Waals surface area contributed by atoms with Gasteiger partial charge < -0.3 is 10.2 Å². The van der Waals surface area contributed by atoms with Crippen molar-refractivity contribution in [3.63, 3.8) is 0 Å². The normalized spacial score (nSPS) is 12.4. The molecule has 1 rings (SSSR count). The summed E-state index contributed by atoms with van der Waals surface area (Å²) < 4.78 is 0. The highest BCUT2D eigenvalue weighted by atomic mass is 32.1. The number of carboxylic acid groups (broad SMARTS) is 1. The molecule has 1 aromatic rings. The maximum atomic E-state index is 10.5. The van der Waals surface area contributed by atoms with Gasteiger partial charge in [0.2, 0.25) is 0 Å². The number of aromatic hydroxyl groups is 1. The van der Waals surface area contributed by atoms with Crippen LogP contribution < -0.4 is 0 Å². The number of hydrogen-bond acceptors (Lipinski definition) is 3. The summed E-state index contributed by atoms with van der Waals surface area (Å²) in [5.41, 5.74) is 0.478. The molecule has 1 unspecified atom stereocenters. The Morgan fingerprint density at radius 1 is 1.50 bits per heavy atom. The average Bonchev–Trinajstić information content (AvgIpc) is 2.03. The third-order valence-electron chi connectivity index (χ3n) is 1.42. The molecule has 64 valence electrons. The Morgan fingerprint density at radius 2 is 2.17 bits per heavy atom. The zero-order chi connectivity index (χ0) is 9.14. The molecule has 0 amide bonds. The van der Waals surface area contributed by atoms with Crippen molar-refractivity contribution < 1.29 is 15.0 Å². The van der Waals surface area contributed by atoms with Gasteiger partial charge in [-0.1, -0.05) is 12.1 Å². The molecule has 0 fully saturated rings. The Hall–Kier alpha value is -1.16. The lowest BCUT2D eigenvalue weighted by atomic mass is 10.1. The van der Waals surface area contributed by atoms with Crippen LogP contribution in [0.3, 0.4) is 0 Å². The highest BCUT2D eigenvalue weighted by Gasteiger charge is 2.14. The molecule has 0 spiro atoms. The van der Waals surface area contributed by atoms with E-state index in [1.165, 1.54) is 12.1 Å². The van der Waals surface area contributed by atoms with Gasteiger partial charge in [0.05, 0.1) is 0 Å². The van der Waals surface area contributed by atoms with Crippen molar-refractivity contribution in [1.82, 2.24) is 0 Å². The largest absolute Gasteiger partial charge is 0.508 e. The minimum absolute atomic E-state index is 0.0489. The number of phenols is 1. The molecule has 0 aliphatic heterocycles. The SMILES string of the molecule is O=C(O)C(S)c1cccc(O)c1. The first-order chi connectivity index (χ1) is 5.61. The molecular formula is C8H8O3S. The number of rotatable bonds is 2. The topological polar surface area (TPSA) is 57.5 Å². The summed E-state index contributed by atoms with van der Waals surface area (Å²) in [4.78, 5) is 10.5. The summed E-state index contributed by atoms with van der Waals surface area (Å²) >= 11 is 3.85. The second kappa shape index (κ2) is 3.49. The maximum absolute atomic E-state index is 10.5. The lowest BCUT2D eigenvalue weighted by Crippen LogP contribution is -2.04. The predicted octanol–water partition coefficient (Wildman–Crippen LogP) is 1.45. The van der Waals surface area contributed by atoms with E-state index < -0.39 is 11.2 Å². The molecule has 0 saturated heterocycles. The number of thiol groups is 1. The van der Waals surface area contributed by atoms with Crippen LogP contribution in [0.25, 0.3) is 0 Å². The quantitative estimate of drug-likeness (QED) is 0.610. The fraction of sp³-hybridized carbons (Fsp3) is 0.125. The van der Waals surface area contributed by atoms with Crippen molar-refractivity contribution in [2.45, 2.75) is 5.25 Å². The smallest absolute Gasteiger partial charge is 0.320 e. The van der Waals surface area contributed by atoms with Gasteiger partial charge in [-0.25, -0.2) is 0 Å². The Balaban J connectivity index is 2.95. The van der Waals surface area contributed by atoms with Gasteiger partial charge in [0.25, 0.3) is 0 Å². The Morgan fingerprint density at radius 3 is 2.67 bits per heavy atom. The minimum atomic E-state index is -1.02. The highest BCUT2D eigenvalue weighted by Crippen LogP contribution is 2.22. The first kappa shape index (κ1) is 8.93. The van der Waals surface area contributed by atoms with Crippen molar-refractivity contribution >= 4 is 18.6 Å². The molecule has 12 heavy (non-hydrogen) atoms. The predicted molar refractivity (Wildman–Crippen MR) is 47.5 cm³/mol. The molecule has 3 nitrogen and oxygen atoms in total. The van der Waals surface area contributed by atoms with Crippen molar-refractivity contribution in [2.24, 2.45) is 0 Å². The Labute approximate surface area is 75.1 Å².